The van der Waals surface area contributed by atoms with Gasteiger partial charge >= 0.3 is 0 Å². The molecule has 3 aromatic rings. The molecule has 1 aliphatic heterocycles. The first-order valence-electron chi connectivity index (χ1n) is 12.4. The van der Waals surface area contributed by atoms with Crippen molar-refractivity contribution in [2.75, 3.05) is 31.5 Å². The first-order valence-corrected chi connectivity index (χ1v) is 12.4. The smallest absolute Gasteiger partial charge is 0.263 e. The maximum Gasteiger partial charge on any atom is 0.263 e. The van der Waals surface area contributed by atoms with Gasteiger partial charge in [0, 0.05) is 43.8 Å². The Hall–Kier alpha value is -3.86. The Labute approximate surface area is 208 Å². The third-order valence-corrected chi connectivity index (χ3v) is 6.95. The molecule has 4 heterocycles. The van der Waals surface area contributed by atoms with E-state index in [1.165, 1.54) is 6.92 Å². The summed E-state index contributed by atoms with van der Waals surface area (Å²) in [5.41, 5.74) is 1.10. The van der Waals surface area contributed by atoms with E-state index in [1.54, 1.807) is 36.0 Å². The normalized spacial score (nSPS) is 16.8. The number of aromatic nitrogens is 5. The van der Waals surface area contributed by atoms with Crippen LogP contribution < -0.4 is 16.2 Å². The number of anilines is 2. The van der Waals surface area contributed by atoms with E-state index in [9.17, 15) is 9.59 Å². The average molecular weight is 490 g/mol. The Balaban J connectivity index is 1.42. The van der Waals surface area contributed by atoms with E-state index in [4.69, 9.17) is 10.4 Å². The standard InChI is InChI=1S/C25H31N9O2/c1-15-18-13-29-25(32-23(18)34(17-5-3-4-6-17)24(36)22(15)16(2)35)31-21-14-28-20(30-21)8-7-19(26)33-11-9-27-10-12-33/h7-8,13-14,17,26-27H,3-6,9-12H2,1-2H3,(H,28,30)(H,29,31,32)/b8-7-,26-19?. The van der Waals surface area contributed by atoms with Crippen molar-refractivity contribution in [2.45, 2.75) is 45.6 Å². The highest BCUT2D eigenvalue weighted by Crippen LogP contribution is 2.32. The molecular weight excluding hydrogens is 458 g/mol. The SMILES string of the molecule is CC(=O)c1c(C)c2cnc(Nc3cnc(/C=C\C(=N)N4CCNCC4)[nH]3)nc2n(C2CCCC2)c1=O. The van der Waals surface area contributed by atoms with Gasteiger partial charge in [-0.25, -0.2) is 9.97 Å². The molecule has 0 bridgehead atoms. The molecule has 0 amide bonds. The lowest BCUT2D eigenvalue weighted by Crippen LogP contribution is -2.45. The maximum atomic E-state index is 13.4. The molecule has 0 atom stereocenters. The Morgan fingerprint density at radius 3 is 2.67 bits per heavy atom. The number of fused-ring (bicyclic) bond motifs is 1. The molecule has 1 aliphatic carbocycles. The van der Waals surface area contributed by atoms with Gasteiger partial charge in [0.25, 0.3) is 5.56 Å². The van der Waals surface area contributed by atoms with Crippen molar-refractivity contribution in [3.05, 3.63) is 45.8 Å². The minimum Gasteiger partial charge on any atom is -0.355 e. The fraction of sp³-hybridized carbons (Fsp3) is 0.440. The van der Waals surface area contributed by atoms with Crippen LogP contribution in [0.1, 0.15) is 60.4 Å². The molecule has 1 saturated heterocycles. The number of carbonyl (C=O) groups excluding carboxylic acids is 1. The molecule has 2 aliphatic rings. The van der Waals surface area contributed by atoms with Crippen molar-refractivity contribution < 1.29 is 4.79 Å². The number of carbonyl (C=O) groups is 1. The van der Waals surface area contributed by atoms with E-state index in [-0.39, 0.29) is 22.9 Å². The van der Waals surface area contributed by atoms with Gasteiger partial charge in [-0.1, -0.05) is 12.8 Å². The topological polar surface area (TPSA) is 145 Å². The molecule has 36 heavy (non-hydrogen) atoms. The molecule has 5 rings (SSSR count). The van der Waals surface area contributed by atoms with E-state index in [2.05, 4.69) is 25.6 Å². The highest BCUT2D eigenvalue weighted by Gasteiger charge is 2.25. The number of H-pyrrole nitrogens is 1. The minimum absolute atomic E-state index is 0.0244. The van der Waals surface area contributed by atoms with Crippen LogP contribution in [0.4, 0.5) is 11.8 Å². The lowest BCUT2D eigenvalue weighted by molar-refractivity contribution is 0.101. The molecule has 2 fully saturated rings. The third kappa shape index (κ3) is 4.66. The molecular formula is C25H31N9O2. The zero-order chi connectivity index (χ0) is 25.2. The monoisotopic (exact) mass is 489 g/mol. The van der Waals surface area contributed by atoms with Crippen LogP contribution in [-0.2, 0) is 0 Å². The first kappa shape index (κ1) is 23.9. The van der Waals surface area contributed by atoms with Crippen LogP contribution in [0.3, 0.4) is 0 Å². The quantitative estimate of drug-likeness (QED) is 0.235. The molecule has 0 radical (unpaired) electrons. The molecule has 11 nitrogen and oxygen atoms in total. The number of ketones is 1. The maximum absolute atomic E-state index is 13.4. The second-order valence-corrected chi connectivity index (χ2v) is 9.36. The van der Waals surface area contributed by atoms with Gasteiger partial charge in [0.15, 0.2) is 5.78 Å². The lowest BCUT2D eigenvalue weighted by atomic mass is 10.0. The predicted octanol–water partition coefficient (Wildman–Crippen LogP) is 2.78. The molecule has 11 heteroatoms. The number of pyridine rings is 1. The van der Waals surface area contributed by atoms with Crippen molar-refractivity contribution in [3.63, 3.8) is 0 Å². The summed E-state index contributed by atoms with van der Waals surface area (Å²) >= 11 is 0. The number of Topliss-reactive ketones (excluding diaryl/α,β-unsaturated/α-hetero) is 1. The van der Waals surface area contributed by atoms with Crippen molar-refractivity contribution in [2.24, 2.45) is 0 Å². The van der Waals surface area contributed by atoms with Gasteiger partial charge in [0.2, 0.25) is 5.95 Å². The number of amidine groups is 1. The second kappa shape index (κ2) is 10.0. The molecule has 1 saturated carbocycles. The number of nitrogens with one attached hydrogen (secondary N) is 4. The summed E-state index contributed by atoms with van der Waals surface area (Å²) < 4.78 is 1.70. The van der Waals surface area contributed by atoms with E-state index in [1.807, 2.05) is 4.90 Å². The number of rotatable bonds is 6. The number of imidazole rings is 1. The molecule has 0 unspecified atom stereocenters. The van der Waals surface area contributed by atoms with Gasteiger partial charge in [-0.15, -0.1) is 0 Å². The van der Waals surface area contributed by atoms with Crippen LogP contribution in [0.2, 0.25) is 0 Å². The van der Waals surface area contributed by atoms with Gasteiger partial charge in [-0.3, -0.25) is 19.6 Å². The van der Waals surface area contributed by atoms with E-state index >= 15 is 0 Å². The summed E-state index contributed by atoms with van der Waals surface area (Å²) in [6.45, 7) is 6.59. The summed E-state index contributed by atoms with van der Waals surface area (Å²) in [5, 5.41) is 15.4. The van der Waals surface area contributed by atoms with Crippen LogP contribution >= 0.6 is 0 Å². The number of nitrogens with zero attached hydrogens (tertiary/aromatic N) is 5. The van der Waals surface area contributed by atoms with Crippen LogP contribution in [-0.4, -0.2) is 67.2 Å². The highest BCUT2D eigenvalue weighted by atomic mass is 16.1. The van der Waals surface area contributed by atoms with Crippen LogP contribution in [0, 0.1) is 12.3 Å². The number of piperazine rings is 1. The fourth-order valence-electron chi connectivity index (χ4n) is 5.08. The molecule has 0 spiro atoms. The zero-order valence-electron chi connectivity index (χ0n) is 20.6. The number of hydrogen-bond donors (Lipinski definition) is 4. The van der Waals surface area contributed by atoms with E-state index in [0.717, 1.165) is 51.9 Å². The van der Waals surface area contributed by atoms with Crippen LogP contribution in [0.25, 0.3) is 17.1 Å². The summed E-state index contributed by atoms with van der Waals surface area (Å²) in [5.74, 6) is 1.73. The number of hydrogen-bond acceptors (Lipinski definition) is 8. The second-order valence-electron chi connectivity index (χ2n) is 9.36. The predicted molar refractivity (Wildman–Crippen MR) is 139 cm³/mol. The molecule has 188 valence electrons. The van der Waals surface area contributed by atoms with Gasteiger partial charge in [-0.2, -0.15) is 4.98 Å². The van der Waals surface area contributed by atoms with Gasteiger partial charge in [0.05, 0.1) is 11.8 Å². The largest absolute Gasteiger partial charge is 0.355 e. The first-order chi connectivity index (χ1) is 17.4. The van der Waals surface area contributed by atoms with E-state index in [0.29, 0.717) is 40.0 Å². The number of aromatic amines is 1. The van der Waals surface area contributed by atoms with Gasteiger partial charge in [-0.05, 0) is 44.4 Å². The summed E-state index contributed by atoms with van der Waals surface area (Å²) in [6, 6.07) is 0.0244. The molecule has 4 N–H and O–H groups in total. The van der Waals surface area contributed by atoms with Crippen LogP contribution in [0.5, 0.6) is 0 Å². The number of aryl methyl sites for hydroxylation is 1. The van der Waals surface area contributed by atoms with E-state index < -0.39 is 0 Å². The third-order valence-electron chi connectivity index (χ3n) is 6.95. The zero-order valence-corrected chi connectivity index (χ0v) is 20.6. The van der Waals surface area contributed by atoms with Crippen molar-refractivity contribution in [1.82, 2.24) is 34.7 Å². The van der Waals surface area contributed by atoms with Gasteiger partial charge < -0.3 is 20.5 Å². The Morgan fingerprint density at radius 2 is 1.94 bits per heavy atom. The molecule has 0 aromatic carbocycles. The van der Waals surface area contributed by atoms with Gasteiger partial charge in [0.1, 0.15) is 23.1 Å². The van der Waals surface area contributed by atoms with Crippen molar-refractivity contribution in [1.29, 1.82) is 5.41 Å². The fourth-order valence-corrected chi connectivity index (χ4v) is 5.08. The highest BCUT2D eigenvalue weighted by molar-refractivity contribution is 5.99. The Morgan fingerprint density at radius 1 is 1.19 bits per heavy atom. The lowest BCUT2D eigenvalue weighted by Gasteiger charge is -2.28. The average Bonchev–Trinajstić information content (AvgIpc) is 3.55. The Kier molecular flexibility index (Phi) is 6.64. The van der Waals surface area contributed by atoms with Crippen LogP contribution in [0.15, 0.2) is 23.3 Å². The van der Waals surface area contributed by atoms with Crippen molar-refractivity contribution >= 4 is 40.5 Å². The van der Waals surface area contributed by atoms with Crippen molar-refractivity contribution in [3.8, 4) is 0 Å². The minimum atomic E-state index is -0.273. The Bertz CT molecular complexity index is 1390. The summed E-state index contributed by atoms with van der Waals surface area (Å²) in [4.78, 5) is 44.3. The molecule has 3 aromatic heterocycles. The summed E-state index contributed by atoms with van der Waals surface area (Å²) in [6.07, 6.45) is 10.7. The summed E-state index contributed by atoms with van der Waals surface area (Å²) in [7, 11) is 0.